The summed E-state index contributed by atoms with van der Waals surface area (Å²) in [6.07, 6.45) is 1.16. The smallest absolute Gasteiger partial charge is 0.400 e. The molecule has 122 valence electrons. The number of amides is 3. The van der Waals surface area contributed by atoms with Crippen molar-refractivity contribution in [2.75, 3.05) is 6.54 Å². The number of nitrogens with zero attached hydrogens (tertiary/aromatic N) is 4. The van der Waals surface area contributed by atoms with Crippen molar-refractivity contribution in [1.29, 1.82) is 0 Å². The summed E-state index contributed by atoms with van der Waals surface area (Å²) >= 11 is 0. The first-order valence-electron chi connectivity index (χ1n) is 6.98. The summed E-state index contributed by atoms with van der Waals surface area (Å²) < 4.78 is 4.90. The second-order valence-corrected chi connectivity index (χ2v) is 4.98. The molecule has 0 radical (unpaired) electrons. The average molecular weight is 328 g/mol. The summed E-state index contributed by atoms with van der Waals surface area (Å²) in [6, 6.07) is 11.1. The quantitative estimate of drug-likeness (QED) is 0.361. The summed E-state index contributed by atoms with van der Waals surface area (Å²) in [5, 5.41) is 15.4. The minimum atomic E-state index is -0.677. The maximum absolute atomic E-state index is 12.2. The Labute approximate surface area is 135 Å². The summed E-state index contributed by atoms with van der Waals surface area (Å²) in [6.45, 7) is -0.0261. The first kappa shape index (κ1) is 15.4. The molecular formula is C15H12N4O5. The normalized spacial score (nSPS) is 14.8. The van der Waals surface area contributed by atoms with Crippen LogP contribution < -0.4 is 0 Å². The van der Waals surface area contributed by atoms with E-state index in [0.717, 1.165) is 21.7 Å². The van der Waals surface area contributed by atoms with Crippen LogP contribution in [-0.2, 0) is 11.3 Å². The molecule has 1 saturated heterocycles. The molecule has 0 spiro atoms. The van der Waals surface area contributed by atoms with Crippen LogP contribution in [0.4, 0.5) is 10.7 Å². The molecule has 24 heavy (non-hydrogen) atoms. The molecule has 1 fully saturated rings. The van der Waals surface area contributed by atoms with Gasteiger partial charge in [0.2, 0.25) is 0 Å². The molecule has 0 unspecified atom stereocenters. The van der Waals surface area contributed by atoms with E-state index in [1.807, 2.05) is 30.3 Å². The van der Waals surface area contributed by atoms with E-state index in [1.165, 1.54) is 12.1 Å². The number of benzene rings is 1. The first-order valence-corrected chi connectivity index (χ1v) is 6.98. The molecule has 1 aliphatic rings. The van der Waals surface area contributed by atoms with Gasteiger partial charge in [-0.1, -0.05) is 30.3 Å². The highest BCUT2D eigenvalue weighted by molar-refractivity contribution is 6.02. The number of rotatable bonds is 5. The zero-order chi connectivity index (χ0) is 17.1. The Balaban J connectivity index is 1.69. The van der Waals surface area contributed by atoms with E-state index in [1.54, 1.807) is 0 Å². The van der Waals surface area contributed by atoms with Gasteiger partial charge in [-0.25, -0.2) is 9.80 Å². The van der Waals surface area contributed by atoms with Gasteiger partial charge in [-0.05, 0) is 11.6 Å². The van der Waals surface area contributed by atoms with Crippen molar-refractivity contribution in [3.05, 3.63) is 63.9 Å². The Kier molecular flexibility index (Phi) is 4.06. The van der Waals surface area contributed by atoms with Gasteiger partial charge in [-0.3, -0.25) is 19.8 Å². The first-order chi connectivity index (χ1) is 11.5. The van der Waals surface area contributed by atoms with Gasteiger partial charge in [0.15, 0.2) is 5.76 Å². The van der Waals surface area contributed by atoms with Crippen LogP contribution in [0.5, 0.6) is 0 Å². The van der Waals surface area contributed by atoms with Crippen LogP contribution in [0.25, 0.3) is 0 Å². The number of hydrazone groups is 1. The molecule has 9 heteroatoms. The van der Waals surface area contributed by atoms with Gasteiger partial charge in [0.25, 0.3) is 5.91 Å². The Morgan fingerprint density at radius 1 is 1.21 bits per heavy atom. The van der Waals surface area contributed by atoms with Gasteiger partial charge < -0.3 is 4.42 Å². The molecule has 0 atom stereocenters. The van der Waals surface area contributed by atoms with Crippen LogP contribution in [0.15, 0.2) is 52.0 Å². The maximum atomic E-state index is 12.2. The number of hydrogen-bond acceptors (Lipinski definition) is 6. The lowest BCUT2D eigenvalue weighted by Crippen LogP contribution is -2.30. The predicted molar refractivity (Wildman–Crippen MR) is 82.1 cm³/mol. The maximum Gasteiger partial charge on any atom is 0.433 e. The standard InChI is InChI=1S/C15H12N4O5/c20-13-10-18(16-8-12-6-7-14(24-12)19(22)23)15(21)17(13)9-11-4-2-1-3-5-11/h1-8H,9-10H2/b16-8+. The third-order valence-corrected chi connectivity index (χ3v) is 3.34. The lowest BCUT2D eigenvalue weighted by atomic mass is 10.2. The van der Waals surface area contributed by atoms with E-state index in [0.29, 0.717) is 0 Å². The molecule has 0 aliphatic carbocycles. The third-order valence-electron chi connectivity index (χ3n) is 3.34. The highest BCUT2D eigenvalue weighted by atomic mass is 16.6. The van der Waals surface area contributed by atoms with Crippen molar-refractivity contribution in [2.45, 2.75) is 6.54 Å². The molecule has 3 rings (SSSR count). The molecule has 0 saturated carbocycles. The molecular weight excluding hydrogens is 316 g/mol. The van der Waals surface area contributed by atoms with Crippen molar-refractivity contribution in [2.24, 2.45) is 5.10 Å². The highest BCUT2D eigenvalue weighted by Crippen LogP contribution is 2.17. The summed E-state index contributed by atoms with van der Waals surface area (Å²) in [4.78, 5) is 35.2. The fraction of sp³-hybridized carbons (Fsp3) is 0.133. The molecule has 0 N–H and O–H groups in total. The van der Waals surface area contributed by atoms with Crippen molar-refractivity contribution in [1.82, 2.24) is 9.91 Å². The van der Waals surface area contributed by atoms with Crippen molar-refractivity contribution >= 4 is 24.0 Å². The Bertz CT molecular complexity index is 814. The van der Waals surface area contributed by atoms with E-state index in [-0.39, 0.29) is 24.8 Å². The fourth-order valence-corrected chi connectivity index (χ4v) is 2.18. The number of urea groups is 1. The number of hydrogen-bond donors (Lipinski definition) is 0. The molecule has 0 bridgehead atoms. The molecule has 3 amide bonds. The van der Waals surface area contributed by atoms with E-state index >= 15 is 0 Å². The van der Waals surface area contributed by atoms with Gasteiger partial charge >= 0.3 is 11.9 Å². The largest absolute Gasteiger partial charge is 0.433 e. The number of carbonyl (C=O) groups excluding carboxylic acids is 2. The van der Waals surface area contributed by atoms with Gasteiger partial charge in [0.05, 0.1) is 18.8 Å². The summed E-state index contributed by atoms with van der Waals surface area (Å²) in [5.74, 6) is -0.680. The minimum Gasteiger partial charge on any atom is -0.400 e. The molecule has 1 aliphatic heterocycles. The van der Waals surface area contributed by atoms with Crippen LogP contribution in [0.3, 0.4) is 0 Å². The lowest BCUT2D eigenvalue weighted by Gasteiger charge is -2.13. The van der Waals surface area contributed by atoms with Crippen LogP contribution in [0, 0.1) is 10.1 Å². The number of furan rings is 1. The van der Waals surface area contributed by atoms with Crippen LogP contribution in [0.2, 0.25) is 0 Å². The lowest BCUT2D eigenvalue weighted by molar-refractivity contribution is -0.402. The van der Waals surface area contributed by atoms with Gasteiger partial charge in [0, 0.05) is 0 Å². The number of carbonyl (C=O) groups is 2. The summed E-state index contributed by atoms with van der Waals surface area (Å²) in [5.41, 5.74) is 0.826. The highest BCUT2D eigenvalue weighted by Gasteiger charge is 2.36. The van der Waals surface area contributed by atoms with Crippen molar-refractivity contribution < 1.29 is 18.9 Å². The van der Waals surface area contributed by atoms with E-state index in [4.69, 9.17) is 4.42 Å². The zero-order valence-electron chi connectivity index (χ0n) is 12.4. The predicted octanol–water partition coefficient (Wildman–Crippen LogP) is 1.99. The van der Waals surface area contributed by atoms with Crippen LogP contribution >= 0.6 is 0 Å². The molecule has 9 nitrogen and oxygen atoms in total. The van der Waals surface area contributed by atoms with Gasteiger partial charge in [-0.2, -0.15) is 5.10 Å². The van der Waals surface area contributed by atoms with E-state index in [9.17, 15) is 19.7 Å². The Hall–Kier alpha value is -3.49. The molecule has 2 aromatic rings. The van der Waals surface area contributed by atoms with Crippen molar-refractivity contribution in [3.63, 3.8) is 0 Å². The Morgan fingerprint density at radius 2 is 1.96 bits per heavy atom. The van der Waals surface area contributed by atoms with E-state index in [2.05, 4.69) is 5.10 Å². The summed E-state index contributed by atoms with van der Waals surface area (Å²) in [7, 11) is 0. The molecule has 1 aromatic heterocycles. The second-order valence-electron chi connectivity index (χ2n) is 4.98. The fourth-order valence-electron chi connectivity index (χ4n) is 2.18. The molecule has 1 aromatic carbocycles. The monoisotopic (exact) mass is 328 g/mol. The Morgan fingerprint density at radius 3 is 2.62 bits per heavy atom. The zero-order valence-corrected chi connectivity index (χ0v) is 12.4. The number of nitro groups is 1. The van der Waals surface area contributed by atoms with Crippen LogP contribution in [0.1, 0.15) is 11.3 Å². The third kappa shape index (κ3) is 3.14. The number of imide groups is 1. The SMILES string of the molecule is O=C1CN(/N=C/c2ccc([N+](=O)[O-])o2)C(=O)N1Cc1ccccc1. The van der Waals surface area contributed by atoms with Crippen LogP contribution in [-0.4, -0.2) is 39.5 Å². The second kappa shape index (κ2) is 6.32. The minimum absolute atomic E-state index is 0.114. The topological polar surface area (TPSA) is 109 Å². The van der Waals surface area contributed by atoms with Gasteiger partial charge in [0.1, 0.15) is 11.5 Å². The van der Waals surface area contributed by atoms with Crippen molar-refractivity contribution in [3.8, 4) is 0 Å². The van der Waals surface area contributed by atoms with E-state index < -0.39 is 16.8 Å². The average Bonchev–Trinajstić information content (AvgIpc) is 3.14. The molecule has 2 heterocycles. The van der Waals surface area contributed by atoms with Gasteiger partial charge in [-0.15, -0.1) is 0 Å².